The highest BCUT2D eigenvalue weighted by Gasteiger charge is 2.12. The Bertz CT molecular complexity index is 867. The molecule has 6 nitrogen and oxygen atoms in total. The van der Waals surface area contributed by atoms with E-state index in [-0.39, 0.29) is 10.8 Å². The third-order valence-corrected chi connectivity index (χ3v) is 5.36. The predicted molar refractivity (Wildman–Crippen MR) is 101 cm³/mol. The maximum Gasteiger partial charge on any atom is 0.251 e. The van der Waals surface area contributed by atoms with Crippen molar-refractivity contribution in [2.24, 2.45) is 0 Å². The summed E-state index contributed by atoms with van der Waals surface area (Å²) in [5.41, 5.74) is 1.35. The molecular weight excluding hydrogens is 376 g/mol. The molecule has 0 saturated carbocycles. The topological polar surface area (TPSA) is 84.5 Å². The molecule has 140 valence electrons. The average molecular weight is 397 g/mol. The van der Waals surface area contributed by atoms with Crippen LogP contribution in [0.4, 0.5) is 0 Å². The van der Waals surface area contributed by atoms with Gasteiger partial charge in [0.1, 0.15) is 5.75 Å². The lowest BCUT2D eigenvalue weighted by atomic mass is 10.2. The fourth-order valence-electron chi connectivity index (χ4n) is 2.24. The molecule has 2 aromatic rings. The molecule has 2 rings (SSSR count). The van der Waals surface area contributed by atoms with Crippen LogP contribution in [-0.2, 0) is 10.0 Å². The number of amides is 1. The molecule has 2 aromatic carbocycles. The minimum atomic E-state index is -3.50. The average Bonchev–Trinajstić information content (AvgIpc) is 2.63. The molecule has 0 aromatic heterocycles. The van der Waals surface area contributed by atoms with Crippen molar-refractivity contribution < 1.29 is 17.9 Å². The van der Waals surface area contributed by atoms with Crippen molar-refractivity contribution in [2.75, 3.05) is 20.2 Å². The second kappa shape index (κ2) is 9.02. The van der Waals surface area contributed by atoms with Crippen LogP contribution in [0.3, 0.4) is 0 Å². The van der Waals surface area contributed by atoms with Crippen molar-refractivity contribution in [1.82, 2.24) is 10.0 Å². The predicted octanol–water partition coefficient (Wildman–Crippen LogP) is 2.76. The van der Waals surface area contributed by atoms with E-state index < -0.39 is 10.0 Å². The van der Waals surface area contributed by atoms with Gasteiger partial charge in [0.05, 0.1) is 11.5 Å². The molecule has 0 saturated heterocycles. The fraction of sp³-hybridized carbons (Fsp3) is 0.278. The van der Waals surface area contributed by atoms with Crippen LogP contribution in [0.15, 0.2) is 47.4 Å². The summed E-state index contributed by atoms with van der Waals surface area (Å²) in [4.78, 5) is 12.2. The monoisotopic (exact) mass is 396 g/mol. The molecule has 0 atom stereocenters. The van der Waals surface area contributed by atoms with E-state index in [0.29, 0.717) is 30.2 Å². The van der Waals surface area contributed by atoms with Crippen molar-refractivity contribution in [3.8, 4) is 5.75 Å². The van der Waals surface area contributed by atoms with E-state index >= 15 is 0 Å². The number of halogens is 1. The van der Waals surface area contributed by atoms with Gasteiger partial charge in [0.15, 0.2) is 0 Å². The Kier molecular flexibility index (Phi) is 7.02. The normalized spacial score (nSPS) is 11.2. The highest BCUT2D eigenvalue weighted by molar-refractivity contribution is 7.89. The second-order valence-corrected chi connectivity index (χ2v) is 7.92. The number of rotatable bonds is 8. The molecule has 0 spiro atoms. The van der Waals surface area contributed by atoms with Crippen LogP contribution in [0.5, 0.6) is 5.75 Å². The van der Waals surface area contributed by atoms with Gasteiger partial charge in [-0.2, -0.15) is 0 Å². The number of nitrogens with one attached hydrogen (secondary N) is 2. The van der Waals surface area contributed by atoms with Gasteiger partial charge >= 0.3 is 0 Å². The summed E-state index contributed by atoms with van der Waals surface area (Å²) in [5, 5.41) is 3.44. The summed E-state index contributed by atoms with van der Waals surface area (Å²) >= 11 is 5.90. The summed E-state index contributed by atoms with van der Waals surface area (Å²) < 4.78 is 31.2. The van der Waals surface area contributed by atoms with E-state index in [9.17, 15) is 13.2 Å². The van der Waals surface area contributed by atoms with Gasteiger partial charge in [-0.15, -0.1) is 0 Å². The van der Waals surface area contributed by atoms with Crippen molar-refractivity contribution in [1.29, 1.82) is 0 Å². The van der Waals surface area contributed by atoms with E-state index in [0.717, 1.165) is 11.3 Å². The molecule has 0 radical (unpaired) electrons. The van der Waals surface area contributed by atoms with Gasteiger partial charge in [-0.3, -0.25) is 4.79 Å². The number of aryl methyl sites for hydroxylation is 1. The molecule has 0 fully saturated rings. The van der Waals surface area contributed by atoms with Crippen LogP contribution in [0.25, 0.3) is 0 Å². The van der Waals surface area contributed by atoms with E-state index in [1.807, 2.05) is 19.1 Å². The zero-order chi connectivity index (χ0) is 19.2. The first-order valence-corrected chi connectivity index (χ1v) is 9.90. The van der Waals surface area contributed by atoms with Crippen molar-refractivity contribution in [3.05, 3.63) is 58.6 Å². The Morgan fingerprint density at radius 2 is 1.85 bits per heavy atom. The lowest BCUT2D eigenvalue weighted by molar-refractivity contribution is 0.0951. The number of benzene rings is 2. The van der Waals surface area contributed by atoms with E-state index in [1.54, 1.807) is 6.07 Å². The Labute approximate surface area is 158 Å². The maximum atomic E-state index is 12.1. The first-order chi connectivity index (χ1) is 12.3. The van der Waals surface area contributed by atoms with Crippen LogP contribution in [0.2, 0.25) is 5.02 Å². The molecule has 0 aliphatic carbocycles. The first kappa shape index (κ1) is 20.2. The minimum Gasteiger partial charge on any atom is -0.493 e. The SMILES string of the molecule is CNS(=O)(=O)c1ccc(C(=O)NCCCOc2ccc(Cl)cc2C)cc1. The Balaban J connectivity index is 1.78. The van der Waals surface area contributed by atoms with Gasteiger partial charge in [-0.1, -0.05) is 11.6 Å². The highest BCUT2D eigenvalue weighted by atomic mass is 35.5. The summed E-state index contributed by atoms with van der Waals surface area (Å²) in [6.07, 6.45) is 0.639. The summed E-state index contributed by atoms with van der Waals surface area (Å²) in [7, 11) is -2.17. The Morgan fingerprint density at radius 3 is 2.46 bits per heavy atom. The molecule has 0 aliphatic heterocycles. The summed E-state index contributed by atoms with van der Waals surface area (Å²) in [5.74, 6) is 0.503. The number of ether oxygens (including phenoxy) is 1. The minimum absolute atomic E-state index is 0.114. The van der Waals surface area contributed by atoms with E-state index in [2.05, 4.69) is 10.0 Å². The van der Waals surface area contributed by atoms with Gasteiger partial charge in [0.2, 0.25) is 10.0 Å². The number of carbonyl (C=O) groups is 1. The molecule has 0 unspecified atom stereocenters. The molecule has 8 heteroatoms. The van der Waals surface area contributed by atoms with Gasteiger partial charge in [-0.05, 0) is 68.4 Å². The van der Waals surface area contributed by atoms with Crippen LogP contribution in [0.1, 0.15) is 22.3 Å². The second-order valence-electron chi connectivity index (χ2n) is 5.60. The molecule has 2 N–H and O–H groups in total. The lowest BCUT2D eigenvalue weighted by Gasteiger charge is -2.10. The van der Waals surface area contributed by atoms with E-state index in [4.69, 9.17) is 16.3 Å². The first-order valence-electron chi connectivity index (χ1n) is 8.04. The molecule has 0 bridgehead atoms. The van der Waals surface area contributed by atoms with E-state index in [1.165, 1.54) is 31.3 Å². The number of carbonyl (C=O) groups excluding carboxylic acids is 1. The van der Waals surface area contributed by atoms with Gasteiger partial charge in [-0.25, -0.2) is 13.1 Å². The Hall–Kier alpha value is -2.09. The molecule has 26 heavy (non-hydrogen) atoms. The zero-order valence-electron chi connectivity index (χ0n) is 14.6. The van der Waals surface area contributed by atoms with Crippen LogP contribution in [0, 0.1) is 6.92 Å². The molecule has 0 aliphatic rings. The van der Waals surface area contributed by atoms with Crippen molar-refractivity contribution >= 4 is 27.5 Å². The maximum absolute atomic E-state index is 12.1. The smallest absolute Gasteiger partial charge is 0.251 e. The van der Waals surface area contributed by atoms with Crippen molar-refractivity contribution in [3.63, 3.8) is 0 Å². The van der Waals surface area contributed by atoms with Crippen molar-refractivity contribution in [2.45, 2.75) is 18.2 Å². The van der Waals surface area contributed by atoms with Crippen LogP contribution in [-0.4, -0.2) is 34.5 Å². The third kappa shape index (κ3) is 5.45. The third-order valence-electron chi connectivity index (χ3n) is 3.70. The standard InChI is InChI=1S/C18H21ClN2O4S/c1-13-12-15(19)6-9-17(13)25-11-3-10-21-18(22)14-4-7-16(8-5-14)26(23,24)20-2/h4-9,12,20H,3,10-11H2,1-2H3,(H,21,22). The van der Waals surface area contributed by atoms with Gasteiger partial charge < -0.3 is 10.1 Å². The molecule has 0 heterocycles. The van der Waals surface area contributed by atoms with Crippen LogP contribution >= 0.6 is 11.6 Å². The van der Waals surface area contributed by atoms with Crippen LogP contribution < -0.4 is 14.8 Å². The number of hydrogen-bond acceptors (Lipinski definition) is 4. The summed E-state index contributed by atoms with van der Waals surface area (Å²) in [6, 6.07) is 11.2. The highest BCUT2D eigenvalue weighted by Crippen LogP contribution is 2.21. The molecular formula is C18H21ClN2O4S. The van der Waals surface area contributed by atoms with Gasteiger partial charge in [0.25, 0.3) is 5.91 Å². The fourth-order valence-corrected chi connectivity index (χ4v) is 3.19. The number of sulfonamides is 1. The Morgan fingerprint density at radius 1 is 1.15 bits per heavy atom. The molecule has 1 amide bonds. The largest absolute Gasteiger partial charge is 0.493 e. The quantitative estimate of drug-likeness (QED) is 0.672. The summed E-state index contributed by atoms with van der Waals surface area (Å²) in [6.45, 7) is 2.82. The lowest BCUT2D eigenvalue weighted by Crippen LogP contribution is -2.25. The zero-order valence-corrected chi connectivity index (χ0v) is 16.2. The van der Waals surface area contributed by atoms with Gasteiger partial charge in [0, 0.05) is 17.1 Å². The number of hydrogen-bond donors (Lipinski definition) is 2.